The quantitative estimate of drug-likeness (QED) is 0.698. The average Bonchev–Trinajstić information content (AvgIpc) is 3.21. The SMILES string of the molecule is COc1ccc([C@@H]2CCc3nc(C(=O)NCc4ccccc4)cn3C2)c(OC)c1. The summed E-state index contributed by atoms with van der Waals surface area (Å²) in [5.74, 6) is 2.73. The molecule has 1 aliphatic heterocycles. The van der Waals surface area contributed by atoms with Crippen molar-refractivity contribution < 1.29 is 14.3 Å². The van der Waals surface area contributed by atoms with Crippen molar-refractivity contribution in [3.63, 3.8) is 0 Å². The number of nitrogens with one attached hydrogen (secondary N) is 1. The van der Waals surface area contributed by atoms with Crippen LogP contribution in [0.15, 0.2) is 54.7 Å². The molecule has 0 unspecified atom stereocenters. The fraction of sp³-hybridized carbons (Fsp3) is 0.304. The Labute approximate surface area is 170 Å². The Hall–Kier alpha value is -3.28. The summed E-state index contributed by atoms with van der Waals surface area (Å²) in [7, 11) is 3.33. The van der Waals surface area contributed by atoms with Crippen molar-refractivity contribution >= 4 is 5.91 Å². The molecule has 0 saturated carbocycles. The van der Waals surface area contributed by atoms with E-state index in [9.17, 15) is 4.79 Å². The first-order valence-corrected chi connectivity index (χ1v) is 9.78. The number of carbonyl (C=O) groups is 1. The summed E-state index contributed by atoms with van der Waals surface area (Å²) in [6.07, 6.45) is 3.65. The van der Waals surface area contributed by atoms with Crippen LogP contribution in [0.3, 0.4) is 0 Å². The Morgan fingerprint density at radius 2 is 2.00 bits per heavy atom. The summed E-state index contributed by atoms with van der Waals surface area (Å²) in [5.41, 5.74) is 2.69. The van der Waals surface area contributed by atoms with Gasteiger partial charge >= 0.3 is 0 Å². The number of aromatic nitrogens is 2. The van der Waals surface area contributed by atoms with Crippen LogP contribution in [0, 0.1) is 0 Å². The summed E-state index contributed by atoms with van der Waals surface area (Å²) in [6, 6.07) is 15.8. The molecule has 0 spiro atoms. The summed E-state index contributed by atoms with van der Waals surface area (Å²) >= 11 is 0. The molecule has 0 bridgehead atoms. The van der Waals surface area contributed by atoms with Gasteiger partial charge in [-0.15, -0.1) is 0 Å². The first kappa shape index (κ1) is 19.1. The smallest absolute Gasteiger partial charge is 0.271 e. The molecule has 4 rings (SSSR count). The van der Waals surface area contributed by atoms with Crippen molar-refractivity contribution in [3.05, 3.63) is 77.4 Å². The van der Waals surface area contributed by atoms with E-state index in [0.717, 1.165) is 47.8 Å². The molecule has 150 valence electrons. The first-order chi connectivity index (χ1) is 14.2. The topological polar surface area (TPSA) is 65.4 Å². The molecule has 3 aromatic rings. The standard InChI is InChI=1S/C23H25N3O3/c1-28-18-9-10-19(21(12-18)29-2)17-8-11-22-25-20(15-26(22)14-17)23(27)24-13-16-6-4-3-5-7-16/h3-7,9-10,12,15,17H,8,11,13-14H2,1-2H3,(H,24,27)/t17-/m1/s1. The molecule has 0 fully saturated rings. The number of aryl methyl sites for hydroxylation is 1. The van der Waals surface area contributed by atoms with Gasteiger partial charge in [0, 0.05) is 37.7 Å². The summed E-state index contributed by atoms with van der Waals surface area (Å²) in [6.45, 7) is 1.27. The number of amides is 1. The second kappa shape index (κ2) is 8.39. The largest absolute Gasteiger partial charge is 0.497 e. The number of nitrogens with zero attached hydrogens (tertiary/aromatic N) is 2. The number of fused-ring (bicyclic) bond motifs is 1. The highest BCUT2D eigenvalue weighted by molar-refractivity contribution is 5.92. The third kappa shape index (κ3) is 4.11. The molecule has 0 radical (unpaired) electrons. The van der Waals surface area contributed by atoms with Crippen LogP contribution >= 0.6 is 0 Å². The molecule has 1 atom stereocenters. The van der Waals surface area contributed by atoms with Gasteiger partial charge in [0.15, 0.2) is 0 Å². The number of carbonyl (C=O) groups excluding carboxylic acids is 1. The molecule has 2 aromatic carbocycles. The summed E-state index contributed by atoms with van der Waals surface area (Å²) < 4.78 is 13.0. The predicted molar refractivity (Wildman–Crippen MR) is 110 cm³/mol. The maximum Gasteiger partial charge on any atom is 0.271 e. The highest BCUT2D eigenvalue weighted by atomic mass is 16.5. The van der Waals surface area contributed by atoms with Crippen LogP contribution in [0.5, 0.6) is 11.5 Å². The Balaban J connectivity index is 1.47. The molecular formula is C23H25N3O3. The van der Waals surface area contributed by atoms with E-state index in [-0.39, 0.29) is 5.91 Å². The van der Waals surface area contributed by atoms with Crippen LogP contribution in [0.4, 0.5) is 0 Å². The van der Waals surface area contributed by atoms with Crippen molar-refractivity contribution in [2.75, 3.05) is 14.2 Å². The van der Waals surface area contributed by atoms with Gasteiger partial charge in [-0.05, 0) is 23.6 Å². The molecule has 2 heterocycles. The van der Waals surface area contributed by atoms with Gasteiger partial charge in [-0.2, -0.15) is 0 Å². The van der Waals surface area contributed by atoms with Gasteiger partial charge in [-0.1, -0.05) is 36.4 Å². The van der Waals surface area contributed by atoms with E-state index in [1.807, 2.05) is 48.7 Å². The minimum absolute atomic E-state index is 0.144. The van der Waals surface area contributed by atoms with Crippen molar-refractivity contribution in [1.82, 2.24) is 14.9 Å². The monoisotopic (exact) mass is 391 g/mol. The highest BCUT2D eigenvalue weighted by Gasteiger charge is 2.25. The van der Waals surface area contributed by atoms with E-state index in [0.29, 0.717) is 18.2 Å². The van der Waals surface area contributed by atoms with Gasteiger partial charge in [-0.25, -0.2) is 4.98 Å². The van der Waals surface area contributed by atoms with Crippen molar-refractivity contribution in [3.8, 4) is 11.5 Å². The zero-order chi connectivity index (χ0) is 20.2. The Morgan fingerprint density at radius 1 is 1.17 bits per heavy atom. The van der Waals surface area contributed by atoms with Gasteiger partial charge < -0.3 is 19.4 Å². The van der Waals surface area contributed by atoms with Crippen LogP contribution in [-0.2, 0) is 19.5 Å². The fourth-order valence-electron chi connectivity index (χ4n) is 3.83. The van der Waals surface area contributed by atoms with Gasteiger partial charge in [-0.3, -0.25) is 4.79 Å². The van der Waals surface area contributed by atoms with Crippen LogP contribution < -0.4 is 14.8 Å². The lowest BCUT2D eigenvalue weighted by molar-refractivity contribution is 0.0946. The highest BCUT2D eigenvalue weighted by Crippen LogP contribution is 2.36. The van der Waals surface area contributed by atoms with E-state index in [1.54, 1.807) is 14.2 Å². The van der Waals surface area contributed by atoms with Gasteiger partial charge in [0.05, 0.1) is 14.2 Å². The Bertz CT molecular complexity index is 998. The molecule has 1 aliphatic rings. The minimum atomic E-state index is -0.144. The van der Waals surface area contributed by atoms with E-state index in [1.165, 1.54) is 0 Å². The van der Waals surface area contributed by atoms with Gasteiger partial charge in [0.1, 0.15) is 23.0 Å². The van der Waals surface area contributed by atoms with E-state index in [4.69, 9.17) is 9.47 Å². The number of imidazole rings is 1. The summed E-state index contributed by atoms with van der Waals surface area (Å²) in [4.78, 5) is 17.1. The Kier molecular flexibility index (Phi) is 5.51. The minimum Gasteiger partial charge on any atom is -0.497 e. The second-order valence-electron chi connectivity index (χ2n) is 7.21. The number of hydrogen-bond donors (Lipinski definition) is 1. The number of ether oxygens (including phenoxy) is 2. The molecule has 1 aromatic heterocycles. The molecule has 1 N–H and O–H groups in total. The maximum absolute atomic E-state index is 12.5. The molecule has 0 aliphatic carbocycles. The number of hydrogen-bond acceptors (Lipinski definition) is 4. The first-order valence-electron chi connectivity index (χ1n) is 9.78. The predicted octanol–water partition coefficient (Wildman–Crippen LogP) is 3.56. The lowest BCUT2D eigenvalue weighted by atomic mass is 9.91. The van der Waals surface area contributed by atoms with Crippen LogP contribution in [0.2, 0.25) is 0 Å². The lowest BCUT2D eigenvalue weighted by Crippen LogP contribution is -2.23. The van der Waals surface area contributed by atoms with Crippen LogP contribution in [0.1, 0.15) is 39.8 Å². The zero-order valence-electron chi connectivity index (χ0n) is 16.7. The number of benzene rings is 2. The van der Waals surface area contributed by atoms with Crippen LogP contribution in [0.25, 0.3) is 0 Å². The Morgan fingerprint density at radius 3 is 2.76 bits per heavy atom. The van der Waals surface area contributed by atoms with Crippen molar-refractivity contribution in [1.29, 1.82) is 0 Å². The molecule has 1 amide bonds. The molecule has 6 heteroatoms. The van der Waals surface area contributed by atoms with E-state index < -0.39 is 0 Å². The molecule has 6 nitrogen and oxygen atoms in total. The second-order valence-corrected chi connectivity index (χ2v) is 7.21. The van der Waals surface area contributed by atoms with Gasteiger partial charge in [0.2, 0.25) is 0 Å². The normalized spacial score (nSPS) is 15.4. The molecule has 29 heavy (non-hydrogen) atoms. The van der Waals surface area contributed by atoms with Crippen molar-refractivity contribution in [2.45, 2.75) is 31.8 Å². The number of rotatable bonds is 6. The third-order valence-electron chi connectivity index (χ3n) is 5.40. The van der Waals surface area contributed by atoms with Crippen molar-refractivity contribution in [2.24, 2.45) is 0 Å². The van der Waals surface area contributed by atoms with E-state index in [2.05, 4.69) is 20.9 Å². The zero-order valence-corrected chi connectivity index (χ0v) is 16.7. The van der Waals surface area contributed by atoms with Crippen LogP contribution in [-0.4, -0.2) is 29.7 Å². The lowest BCUT2D eigenvalue weighted by Gasteiger charge is -2.25. The summed E-state index contributed by atoms with van der Waals surface area (Å²) in [5, 5.41) is 2.95. The fourth-order valence-corrected chi connectivity index (χ4v) is 3.83. The molecule has 0 saturated heterocycles. The maximum atomic E-state index is 12.5. The third-order valence-corrected chi connectivity index (χ3v) is 5.40. The number of methoxy groups -OCH3 is 2. The van der Waals surface area contributed by atoms with Gasteiger partial charge in [0.25, 0.3) is 5.91 Å². The molecular weight excluding hydrogens is 366 g/mol. The van der Waals surface area contributed by atoms with E-state index >= 15 is 0 Å². The average molecular weight is 391 g/mol.